The summed E-state index contributed by atoms with van der Waals surface area (Å²) < 4.78 is 5.59. The molecule has 0 aromatic carbocycles. The summed E-state index contributed by atoms with van der Waals surface area (Å²) in [5, 5.41) is 3.84. The molecule has 94 valence electrons. The van der Waals surface area contributed by atoms with E-state index >= 15 is 0 Å². The Morgan fingerprint density at radius 3 is 3.06 bits per heavy atom. The van der Waals surface area contributed by atoms with Gasteiger partial charge in [-0.05, 0) is 38.3 Å². The van der Waals surface area contributed by atoms with E-state index in [9.17, 15) is 0 Å². The molecule has 2 rings (SSSR count). The van der Waals surface area contributed by atoms with Gasteiger partial charge in [-0.1, -0.05) is 11.6 Å². The van der Waals surface area contributed by atoms with E-state index in [-0.39, 0.29) is 0 Å². The van der Waals surface area contributed by atoms with Crippen LogP contribution in [0.5, 0.6) is 0 Å². The fourth-order valence-corrected chi connectivity index (χ4v) is 2.20. The van der Waals surface area contributed by atoms with Crippen LogP contribution in [0.3, 0.4) is 0 Å². The van der Waals surface area contributed by atoms with Crippen molar-refractivity contribution in [2.24, 2.45) is 5.92 Å². The lowest BCUT2D eigenvalue weighted by Gasteiger charge is -2.22. The fourth-order valence-electron chi connectivity index (χ4n) is 2.04. The molecule has 1 saturated heterocycles. The van der Waals surface area contributed by atoms with E-state index < -0.39 is 0 Å². The van der Waals surface area contributed by atoms with Crippen molar-refractivity contribution < 1.29 is 4.74 Å². The van der Waals surface area contributed by atoms with E-state index in [4.69, 9.17) is 16.3 Å². The maximum atomic E-state index is 5.89. The van der Waals surface area contributed by atoms with Gasteiger partial charge in [0.05, 0.1) is 6.61 Å². The Hall–Kier alpha value is -0.710. The minimum atomic E-state index is 0.437. The largest absolute Gasteiger partial charge is 0.375 e. The van der Waals surface area contributed by atoms with Crippen LogP contribution in [0.25, 0.3) is 0 Å². The van der Waals surface area contributed by atoms with Gasteiger partial charge in [-0.15, -0.1) is 0 Å². The Morgan fingerprint density at radius 1 is 1.41 bits per heavy atom. The van der Waals surface area contributed by atoms with Gasteiger partial charge in [-0.2, -0.15) is 0 Å². The number of halogens is 1. The molecule has 0 saturated carbocycles. The van der Waals surface area contributed by atoms with Crippen molar-refractivity contribution in [2.75, 3.05) is 19.7 Å². The van der Waals surface area contributed by atoms with E-state index in [0.29, 0.717) is 11.8 Å². The highest BCUT2D eigenvalue weighted by Gasteiger charge is 2.12. The molecule has 0 amide bonds. The summed E-state index contributed by atoms with van der Waals surface area (Å²) in [6, 6.07) is 0. The molecular weight excluding hydrogens is 238 g/mol. The van der Waals surface area contributed by atoms with Crippen molar-refractivity contribution in [2.45, 2.75) is 25.9 Å². The average molecular weight is 256 g/mol. The predicted molar refractivity (Wildman–Crippen MR) is 66.9 cm³/mol. The first-order valence-electron chi connectivity index (χ1n) is 6.10. The Morgan fingerprint density at radius 2 is 2.29 bits per heavy atom. The molecule has 1 aliphatic heterocycles. The number of rotatable bonds is 5. The molecule has 1 fully saturated rings. The second-order valence-electron chi connectivity index (χ2n) is 4.35. The van der Waals surface area contributed by atoms with Gasteiger partial charge in [0.15, 0.2) is 5.15 Å². The zero-order valence-electron chi connectivity index (χ0n) is 9.86. The second-order valence-corrected chi connectivity index (χ2v) is 4.71. The number of nitrogens with one attached hydrogen (secondary N) is 1. The summed E-state index contributed by atoms with van der Waals surface area (Å²) in [7, 11) is 0. The number of nitrogens with zero attached hydrogens (tertiary/aromatic N) is 2. The maximum absolute atomic E-state index is 5.89. The monoisotopic (exact) mass is 255 g/mol. The van der Waals surface area contributed by atoms with Gasteiger partial charge >= 0.3 is 0 Å². The van der Waals surface area contributed by atoms with Crippen LogP contribution in [0.1, 0.15) is 25.0 Å². The molecule has 0 radical (unpaired) electrons. The van der Waals surface area contributed by atoms with Crippen LogP contribution in [-0.2, 0) is 11.3 Å². The lowest BCUT2D eigenvalue weighted by Crippen LogP contribution is -2.30. The number of aromatic nitrogens is 2. The number of piperidine rings is 1. The minimum absolute atomic E-state index is 0.437. The average Bonchev–Trinajstić information content (AvgIpc) is 2.38. The van der Waals surface area contributed by atoms with E-state index in [2.05, 4.69) is 15.3 Å². The van der Waals surface area contributed by atoms with Gasteiger partial charge in [-0.25, -0.2) is 4.98 Å². The second kappa shape index (κ2) is 6.89. The van der Waals surface area contributed by atoms with Crippen LogP contribution in [0.4, 0.5) is 0 Å². The van der Waals surface area contributed by atoms with Gasteiger partial charge in [0.25, 0.3) is 0 Å². The Bertz CT molecular complexity index is 342. The van der Waals surface area contributed by atoms with Crippen LogP contribution in [0.2, 0.25) is 5.15 Å². The molecular formula is C12H18ClN3O. The van der Waals surface area contributed by atoms with E-state index in [1.54, 1.807) is 12.4 Å². The predicted octanol–water partition coefficient (Wildman–Crippen LogP) is 2.04. The van der Waals surface area contributed by atoms with Crippen molar-refractivity contribution in [3.8, 4) is 0 Å². The fraction of sp³-hybridized carbons (Fsp3) is 0.667. The zero-order valence-corrected chi connectivity index (χ0v) is 10.6. The van der Waals surface area contributed by atoms with E-state index in [0.717, 1.165) is 37.7 Å². The maximum Gasteiger partial charge on any atom is 0.152 e. The SMILES string of the molecule is Clc1nccnc1COCCC1CCCNC1. The lowest BCUT2D eigenvalue weighted by atomic mass is 9.97. The van der Waals surface area contributed by atoms with Gasteiger partial charge in [0.2, 0.25) is 0 Å². The Balaban J connectivity index is 1.64. The minimum Gasteiger partial charge on any atom is -0.375 e. The van der Waals surface area contributed by atoms with Crippen molar-refractivity contribution in [3.05, 3.63) is 23.2 Å². The summed E-state index contributed by atoms with van der Waals surface area (Å²) in [6.45, 7) is 3.49. The highest BCUT2D eigenvalue weighted by molar-refractivity contribution is 6.29. The van der Waals surface area contributed by atoms with Crippen LogP contribution < -0.4 is 5.32 Å². The van der Waals surface area contributed by atoms with Crippen LogP contribution >= 0.6 is 11.6 Å². The zero-order chi connectivity index (χ0) is 11.9. The molecule has 5 heteroatoms. The number of hydrogen-bond donors (Lipinski definition) is 1. The van der Waals surface area contributed by atoms with Crippen LogP contribution in [0, 0.1) is 5.92 Å². The quantitative estimate of drug-likeness (QED) is 0.818. The highest BCUT2D eigenvalue weighted by atomic mass is 35.5. The van der Waals surface area contributed by atoms with E-state index in [1.165, 1.54) is 12.8 Å². The molecule has 1 unspecified atom stereocenters. The normalized spacial score (nSPS) is 20.4. The summed E-state index contributed by atoms with van der Waals surface area (Å²) in [5.74, 6) is 0.751. The van der Waals surface area contributed by atoms with Crippen molar-refractivity contribution in [1.82, 2.24) is 15.3 Å². The number of ether oxygens (including phenoxy) is 1. The molecule has 1 atom stereocenters. The first kappa shape index (κ1) is 12.7. The van der Waals surface area contributed by atoms with Crippen molar-refractivity contribution in [3.63, 3.8) is 0 Å². The molecule has 0 spiro atoms. The first-order chi connectivity index (χ1) is 8.36. The summed E-state index contributed by atoms with van der Waals surface area (Å²) >= 11 is 5.89. The van der Waals surface area contributed by atoms with Crippen molar-refractivity contribution >= 4 is 11.6 Å². The molecule has 0 aliphatic carbocycles. The molecule has 17 heavy (non-hydrogen) atoms. The van der Waals surface area contributed by atoms with Gasteiger partial charge in [-0.3, -0.25) is 4.98 Å². The first-order valence-corrected chi connectivity index (χ1v) is 6.48. The molecule has 2 heterocycles. The molecule has 1 aromatic rings. The number of hydrogen-bond acceptors (Lipinski definition) is 4. The summed E-state index contributed by atoms with van der Waals surface area (Å²) in [6.07, 6.45) is 6.91. The van der Waals surface area contributed by atoms with E-state index in [1.807, 2.05) is 0 Å². The molecule has 4 nitrogen and oxygen atoms in total. The third-order valence-corrected chi connectivity index (χ3v) is 3.35. The summed E-state index contributed by atoms with van der Waals surface area (Å²) in [4.78, 5) is 8.09. The van der Waals surface area contributed by atoms with Crippen LogP contribution in [0.15, 0.2) is 12.4 Å². The Labute approximate surface area is 107 Å². The smallest absolute Gasteiger partial charge is 0.152 e. The molecule has 1 N–H and O–H groups in total. The third kappa shape index (κ3) is 4.22. The summed E-state index contributed by atoms with van der Waals surface area (Å²) in [5.41, 5.74) is 0.718. The Kier molecular flexibility index (Phi) is 5.16. The third-order valence-electron chi connectivity index (χ3n) is 3.03. The highest BCUT2D eigenvalue weighted by Crippen LogP contribution is 2.15. The standard InChI is InChI=1S/C12H18ClN3O/c13-12-11(15-5-6-16-12)9-17-7-3-10-2-1-4-14-8-10/h5-6,10,14H,1-4,7-9H2. The molecule has 0 bridgehead atoms. The van der Waals surface area contributed by atoms with Gasteiger partial charge in [0, 0.05) is 19.0 Å². The molecule has 1 aliphatic rings. The van der Waals surface area contributed by atoms with Crippen LogP contribution in [-0.4, -0.2) is 29.7 Å². The molecule has 1 aromatic heterocycles. The van der Waals surface area contributed by atoms with Gasteiger partial charge < -0.3 is 10.1 Å². The topological polar surface area (TPSA) is 47.0 Å². The van der Waals surface area contributed by atoms with Crippen molar-refractivity contribution in [1.29, 1.82) is 0 Å². The lowest BCUT2D eigenvalue weighted by molar-refractivity contribution is 0.101. The van der Waals surface area contributed by atoms with Gasteiger partial charge in [0.1, 0.15) is 5.69 Å².